The number of nitrogens with one attached hydrogen (secondary N) is 2. The van der Waals surface area contributed by atoms with Crippen LogP contribution in [0, 0.1) is 0 Å². The first kappa shape index (κ1) is 15.2. The van der Waals surface area contributed by atoms with Gasteiger partial charge in [0, 0.05) is 17.8 Å². The number of benzene rings is 1. The molecule has 0 aliphatic carbocycles. The lowest BCUT2D eigenvalue weighted by molar-refractivity contribution is 0.0606. The van der Waals surface area contributed by atoms with Gasteiger partial charge < -0.3 is 15.4 Å². The lowest BCUT2D eigenvalue weighted by Gasteiger charge is -2.17. The number of amides is 2. The third-order valence-electron chi connectivity index (χ3n) is 3.51. The molecule has 0 bridgehead atoms. The Bertz CT molecular complexity index is 797. The fourth-order valence-electron chi connectivity index (χ4n) is 2.35. The second kappa shape index (κ2) is 6.21. The Labute approximate surface area is 136 Å². The molecule has 0 spiro atoms. The number of esters is 1. The summed E-state index contributed by atoms with van der Waals surface area (Å²) in [7, 11) is 1.29. The lowest BCUT2D eigenvalue weighted by atomic mass is 10.00. The molecule has 2 amide bonds. The minimum atomic E-state index is -0.473. The zero-order valence-electron chi connectivity index (χ0n) is 12.3. The molecule has 0 unspecified atom stereocenters. The van der Waals surface area contributed by atoms with Crippen LogP contribution in [0.2, 0.25) is 0 Å². The van der Waals surface area contributed by atoms with Gasteiger partial charge in [-0.15, -0.1) is 11.3 Å². The molecular weight excluding hydrogens is 316 g/mol. The Morgan fingerprint density at radius 1 is 1.22 bits per heavy atom. The van der Waals surface area contributed by atoms with Crippen molar-refractivity contribution in [3.8, 4) is 0 Å². The summed E-state index contributed by atoms with van der Waals surface area (Å²) in [6.07, 6.45) is 0.780. The number of anilines is 1. The number of hydrogen-bond donors (Lipinski definition) is 2. The molecule has 0 fully saturated rings. The van der Waals surface area contributed by atoms with Crippen molar-refractivity contribution in [1.29, 1.82) is 0 Å². The number of rotatable bonds is 3. The van der Waals surface area contributed by atoms with Crippen LogP contribution in [-0.4, -0.2) is 31.4 Å². The van der Waals surface area contributed by atoms with Crippen molar-refractivity contribution in [2.45, 2.75) is 6.42 Å². The van der Waals surface area contributed by atoms with E-state index in [0.717, 1.165) is 23.3 Å². The van der Waals surface area contributed by atoms with Crippen LogP contribution >= 0.6 is 11.3 Å². The number of carbonyl (C=O) groups excluding carboxylic acids is 3. The minimum Gasteiger partial charge on any atom is -0.465 e. The molecule has 2 N–H and O–H groups in total. The number of fused-ring (bicyclic) bond motifs is 1. The van der Waals surface area contributed by atoms with E-state index < -0.39 is 5.97 Å². The topological polar surface area (TPSA) is 84.5 Å². The largest absolute Gasteiger partial charge is 0.465 e. The van der Waals surface area contributed by atoms with Crippen LogP contribution in [0.4, 0.5) is 5.69 Å². The molecule has 0 saturated heterocycles. The average Bonchev–Trinajstić information content (AvgIpc) is 3.05. The van der Waals surface area contributed by atoms with Gasteiger partial charge in [-0.1, -0.05) is 6.07 Å². The second-order valence-electron chi connectivity index (χ2n) is 4.99. The number of thiophene rings is 1. The highest BCUT2D eigenvalue weighted by molar-refractivity contribution is 7.16. The summed E-state index contributed by atoms with van der Waals surface area (Å²) in [6.45, 7) is 0.628. The fraction of sp³-hybridized carbons (Fsp3) is 0.188. The Balaban J connectivity index is 1.78. The van der Waals surface area contributed by atoms with Gasteiger partial charge in [0.15, 0.2) is 0 Å². The van der Waals surface area contributed by atoms with Crippen molar-refractivity contribution in [3.63, 3.8) is 0 Å². The van der Waals surface area contributed by atoms with Gasteiger partial charge in [0.25, 0.3) is 11.8 Å². The summed E-state index contributed by atoms with van der Waals surface area (Å²) >= 11 is 1.06. The summed E-state index contributed by atoms with van der Waals surface area (Å²) in [5, 5.41) is 5.51. The molecule has 6 nitrogen and oxygen atoms in total. The number of ether oxygens (including phenoxy) is 1. The van der Waals surface area contributed by atoms with Crippen molar-refractivity contribution < 1.29 is 19.1 Å². The summed E-state index contributed by atoms with van der Waals surface area (Å²) in [6, 6.07) is 8.39. The van der Waals surface area contributed by atoms with E-state index in [0.29, 0.717) is 27.5 Å². The van der Waals surface area contributed by atoms with Gasteiger partial charge in [-0.2, -0.15) is 0 Å². The molecule has 1 aliphatic rings. The van der Waals surface area contributed by atoms with Gasteiger partial charge >= 0.3 is 5.97 Å². The lowest BCUT2D eigenvalue weighted by Crippen LogP contribution is -2.31. The molecule has 23 heavy (non-hydrogen) atoms. The molecule has 1 aromatic carbocycles. The third-order valence-corrected chi connectivity index (χ3v) is 4.57. The first-order valence-electron chi connectivity index (χ1n) is 6.99. The molecule has 1 aromatic heterocycles. The average molecular weight is 330 g/mol. The first-order valence-corrected chi connectivity index (χ1v) is 7.81. The number of methoxy groups -OCH3 is 1. The molecule has 7 heteroatoms. The molecule has 2 heterocycles. The van der Waals surface area contributed by atoms with E-state index >= 15 is 0 Å². The smallest absolute Gasteiger partial charge is 0.348 e. The quantitative estimate of drug-likeness (QED) is 0.844. The SMILES string of the molecule is COC(=O)c1ccc(C(=O)Nc2ccc3c(c2)C(=O)NCC3)s1. The van der Waals surface area contributed by atoms with Gasteiger partial charge in [0.1, 0.15) is 4.88 Å². The molecule has 0 atom stereocenters. The molecule has 118 valence electrons. The van der Waals surface area contributed by atoms with Crippen molar-refractivity contribution in [2.24, 2.45) is 0 Å². The van der Waals surface area contributed by atoms with Gasteiger partial charge in [-0.05, 0) is 36.2 Å². The maximum absolute atomic E-state index is 12.2. The standard InChI is InChI=1S/C16H14N2O4S/c1-22-16(21)13-5-4-12(23-13)15(20)18-10-3-2-9-6-7-17-14(19)11(9)8-10/h2-5,8H,6-7H2,1H3,(H,17,19)(H,18,20). The van der Waals surface area contributed by atoms with E-state index in [1.54, 1.807) is 24.3 Å². The van der Waals surface area contributed by atoms with E-state index in [1.165, 1.54) is 7.11 Å². The highest BCUT2D eigenvalue weighted by atomic mass is 32.1. The molecule has 0 saturated carbocycles. The zero-order chi connectivity index (χ0) is 16.4. The van der Waals surface area contributed by atoms with Crippen molar-refractivity contribution in [1.82, 2.24) is 5.32 Å². The summed E-state index contributed by atoms with van der Waals surface area (Å²) in [5.74, 6) is -0.938. The molecule has 0 radical (unpaired) electrons. The predicted molar refractivity (Wildman–Crippen MR) is 86.1 cm³/mol. The van der Waals surface area contributed by atoms with E-state index in [2.05, 4.69) is 15.4 Å². The zero-order valence-corrected chi connectivity index (χ0v) is 13.2. The maximum Gasteiger partial charge on any atom is 0.348 e. The van der Waals surface area contributed by atoms with Crippen LogP contribution in [0.1, 0.15) is 35.3 Å². The molecule has 2 aromatic rings. The third kappa shape index (κ3) is 3.09. The van der Waals surface area contributed by atoms with Crippen molar-refractivity contribution in [3.05, 3.63) is 51.2 Å². The summed E-state index contributed by atoms with van der Waals surface area (Å²) in [5.41, 5.74) is 2.09. The Morgan fingerprint density at radius 3 is 2.78 bits per heavy atom. The Hall–Kier alpha value is -2.67. The molecule has 3 rings (SSSR count). The Kier molecular flexibility index (Phi) is 4.12. The van der Waals surface area contributed by atoms with Gasteiger partial charge in [0.2, 0.25) is 0 Å². The van der Waals surface area contributed by atoms with Crippen molar-refractivity contribution in [2.75, 3.05) is 19.0 Å². The van der Waals surface area contributed by atoms with Crippen LogP contribution in [0.15, 0.2) is 30.3 Å². The van der Waals surface area contributed by atoms with Gasteiger partial charge in [-0.25, -0.2) is 4.79 Å². The molecular formula is C16H14N2O4S. The fourth-order valence-corrected chi connectivity index (χ4v) is 3.17. The van der Waals surface area contributed by atoms with Gasteiger partial charge in [-0.3, -0.25) is 9.59 Å². The normalized spacial score (nSPS) is 13.0. The first-order chi connectivity index (χ1) is 11.1. The van der Waals surface area contributed by atoms with Crippen LogP contribution in [0.5, 0.6) is 0 Å². The minimum absolute atomic E-state index is 0.133. The number of carbonyl (C=O) groups is 3. The second-order valence-corrected chi connectivity index (χ2v) is 6.07. The van der Waals surface area contributed by atoms with Crippen LogP contribution in [0.25, 0.3) is 0 Å². The maximum atomic E-state index is 12.2. The Morgan fingerprint density at radius 2 is 2.00 bits per heavy atom. The highest BCUT2D eigenvalue weighted by Gasteiger charge is 2.18. The van der Waals surface area contributed by atoms with Crippen LogP contribution < -0.4 is 10.6 Å². The number of hydrogen-bond acceptors (Lipinski definition) is 5. The van der Waals surface area contributed by atoms with Crippen molar-refractivity contribution >= 4 is 34.8 Å². The summed E-state index contributed by atoms with van der Waals surface area (Å²) in [4.78, 5) is 36.2. The van der Waals surface area contributed by atoms with Gasteiger partial charge in [0.05, 0.1) is 12.0 Å². The summed E-state index contributed by atoms with van der Waals surface area (Å²) < 4.78 is 4.62. The van der Waals surface area contributed by atoms with E-state index in [4.69, 9.17) is 0 Å². The monoisotopic (exact) mass is 330 g/mol. The van der Waals surface area contributed by atoms with E-state index in [9.17, 15) is 14.4 Å². The predicted octanol–water partition coefficient (Wildman–Crippen LogP) is 2.07. The van der Waals surface area contributed by atoms with E-state index in [1.807, 2.05) is 6.07 Å². The van der Waals surface area contributed by atoms with Crippen LogP contribution in [-0.2, 0) is 11.2 Å². The molecule has 1 aliphatic heterocycles. The highest BCUT2D eigenvalue weighted by Crippen LogP contribution is 2.22. The van der Waals surface area contributed by atoms with E-state index in [-0.39, 0.29) is 11.8 Å². The van der Waals surface area contributed by atoms with Crippen LogP contribution in [0.3, 0.4) is 0 Å².